The van der Waals surface area contributed by atoms with Crippen molar-refractivity contribution in [3.8, 4) is 0 Å². The van der Waals surface area contributed by atoms with E-state index in [1.165, 1.54) is 180 Å². The van der Waals surface area contributed by atoms with Gasteiger partial charge in [-0.1, -0.05) is 367 Å². The number of esters is 3. The monoisotopic (exact) mass is 1570 g/mol. The molecule has 5 unspecified atom stereocenters. The summed E-state index contributed by atoms with van der Waals surface area (Å²) in [6, 6.07) is 0. The molecule has 0 aromatic carbocycles. The lowest BCUT2D eigenvalue weighted by atomic mass is 10.0. The molecular weight excluding hydrogens is 1410 g/mol. The van der Waals surface area contributed by atoms with Crippen molar-refractivity contribution >= 4 is 33.6 Å². The van der Waals surface area contributed by atoms with E-state index in [-0.39, 0.29) is 19.3 Å². The molecular formula is C91H160O16P2. The molecule has 0 rings (SSSR count). The van der Waals surface area contributed by atoms with E-state index in [0.717, 1.165) is 141 Å². The lowest BCUT2D eigenvalue weighted by molar-refractivity contribution is -0.161. The summed E-state index contributed by atoms with van der Waals surface area (Å²) in [4.78, 5) is 58.8. The summed E-state index contributed by atoms with van der Waals surface area (Å²) in [5, 5.41) is 20.7. The maximum atomic E-state index is 13.0. The van der Waals surface area contributed by atoms with Crippen LogP contribution in [0, 0.1) is 0 Å². The van der Waals surface area contributed by atoms with Crippen molar-refractivity contribution in [2.45, 2.75) is 399 Å². The van der Waals surface area contributed by atoms with Crippen LogP contribution in [0.4, 0.5) is 0 Å². The van der Waals surface area contributed by atoms with E-state index in [1.54, 1.807) is 0 Å². The smallest absolute Gasteiger partial charge is 0.463 e. The molecule has 630 valence electrons. The molecule has 0 aliphatic carbocycles. The van der Waals surface area contributed by atoms with Gasteiger partial charge in [-0.05, 0) is 116 Å². The molecule has 5 atom stereocenters. The Morgan fingerprint density at radius 3 is 0.789 bits per heavy atom. The van der Waals surface area contributed by atoms with Crippen LogP contribution in [0.25, 0.3) is 0 Å². The molecule has 0 amide bonds. The summed E-state index contributed by atoms with van der Waals surface area (Å²) < 4.78 is 61.3. The van der Waals surface area contributed by atoms with Gasteiger partial charge in [0.2, 0.25) is 0 Å². The van der Waals surface area contributed by atoms with Crippen LogP contribution in [0.1, 0.15) is 380 Å². The molecule has 0 spiro atoms. The van der Waals surface area contributed by atoms with E-state index < -0.39 is 91.5 Å². The Morgan fingerprint density at radius 2 is 0.486 bits per heavy atom. The minimum atomic E-state index is -4.93. The molecule has 16 nitrogen and oxygen atoms in total. The second-order valence-corrected chi connectivity index (χ2v) is 32.2. The van der Waals surface area contributed by atoms with E-state index >= 15 is 0 Å². The van der Waals surface area contributed by atoms with E-state index in [2.05, 4.69) is 142 Å². The van der Waals surface area contributed by atoms with E-state index in [1.807, 2.05) is 0 Å². The highest BCUT2D eigenvalue weighted by Crippen LogP contribution is 2.45. The molecule has 0 aromatic heterocycles. The lowest BCUT2D eigenvalue weighted by Crippen LogP contribution is -2.30. The zero-order chi connectivity index (χ0) is 79.4. The van der Waals surface area contributed by atoms with Crippen LogP contribution < -0.4 is 0 Å². The van der Waals surface area contributed by atoms with Gasteiger partial charge in [0.1, 0.15) is 25.4 Å². The highest BCUT2D eigenvalue weighted by Gasteiger charge is 2.29. The average Bonchev–Trinajstić information content (AvgIpc) is 0.915. The number of carbonyl (C=O) groups excluding carboxylic acids is 3. The van der Waals surface area contributed by atoms with E-state index in [4.69, 9.17) is 32.3 Å². The Bertz CT molecular complexity index is 2460. The topological polar surface area (TPSA) is 231 Å². The predicted molar refractivity (Wildman–Crippen MR) is 454 cm³/mol. The molecule has 0 fully saturated rings. The largest absolute Gasteiger partial charge is 0.472 e. The second-order valence-electron chi connectivity index (χ2n) is 29.3. The number of phosphoric ester groups is 2. The van der Waals surface area contributed by atoms with Crippen molar-refractivity contribution in [2.24, 2.45) is 0 Å². The maximum absolute atomic E-state index is 13.0. The highest BCUT2D eigenvalue weighted by atomic mass is 31.2. The summed E-state index contributed by atoms with van der Waals surface area (Å²) in [7, 11) is -9.79. The third kappa shape index (κ3) is 84.7. The van der Waals surface area contributed by atoms with Crippen molar-refractivity contribution in [3.63, 3.8) is 0 Å². The number of hydrogen-bond acceptors (Lipinski definition) is 14. The SMILES string of the molecule is CC/C=C\C/C=C\C/C=C\C/C=C\C/C=C\C/C=C\CCCCCCCCCCCCCCCCC(=O)OCC(O)COP(=O)(O)OCC(O)COP(=O)(O)OCC(COC(=O)CCCCCCCCCCCCC/C=C\C/C=C\C/C=C\C/C=C\CCCCC)OC(=O)CCCCCCCCCCCCCCC. The van der Waals surface area contributed by atoms with E-state index in [0.29, 0.717) is 19.3 Å². The van der Waals surface area contributed by atoms with Gasteiger partial charge in [0.05, 0.1) is 26.4 Å². The fourth-order valence-electron chi connectivity index (χ4n) is 12.0. The van der Waals surface area contributed by atoms with Crippen LogP contribution in [0.5, 0.6) is 0 Å². The number of ether oxygens (including phenoxy) is 3. The van der Waals surface area contributed by atoms with Crippen molar-refractivity contribution in [3.05, 3.63) is 122 Å². The Morgan fingerprint density at radius 1 is 0.266 bits per heavy atom. The van der Waals surface area contributed by atoms with Gasteiger partial charge in [-0.3, -0.25) is 32.5 Å². The first-order valence-electron chi connectivity index (χ1n) is 43.8. The summed E-state index contributed by atoms with van der Waals surface area (Å²) in [5.41, 5.74) is 0. The predicted octanol–water partition coefficient (Wildman–Crippen LogP) is 26.4. The van der Waals surface area contributed by atoms with Crippen LogP contribution in [0.15, 0.2) is 122 Å². The van der Waals surface area contributed by atoms with Crippen LogP contribution >= 0.6 is 15.6 Å². The van der Waals surface area contributed by atoms with Gasteiger partial charge in [0.25, 0.3) is 0 Å². The van der Waals surface area contributed by atoms with E-state index in [9.17, 15) is 43.5 Å². The molecule has 4 N–H and O–H groups in total. The third-order valence-corrected chi connectivity index (χ3v) is 20.6. The van der Waals surface area contributed by atoms with Crippen LogP contribution in [0.2, 0.25) is 0 Å². The maximum Gasteiger partial charge on any atom is 0.472 e. The Balaban J connectivity index is 4.42. The Hall–Kier alpha value is -4.05. The molecule has 0 heterocycles. The highest BCUT2D eigenvalue weighted by molar-refractivity contribution is 7.47. The minimum absolute atomic E-state index is 0.108. The standard InChI is InChI=1S/C91H160O16P2/c1-4-7-10-13-16-19-22-25-27-29-31-33-35-37-39-40-41-42-43-44-46-48-49-51-53-55-57-60-62-65-68-71-74-77-89(94)101-80-86(92)81-103-108(97,98)104-82-87(93)83-105-109(99,100)106-85-88(107-91(96)79-76-73-70-67-64-59-24-21-18-15-12-9-6-3)84-102-90(95)78-75-72-69-66-63-61-58-56-54-52-50-47-45-38-36-34-32-30-28-26-23-20-17-14-11-8-5-2/h7,10,16-17,19-20,25-28,31-34,37-39,41-42,45,86-88,92-93H,4-6,8-9,11-15,18,21-24,29-30,35-36,40,43-44,46-85H2,1-3H3,(H,97,98)(H,99,100)/b10-7-,19-16-,20-17-,27-25-,28-26-,33-31-,34-32-,39-37-,42-41-,45-38-. The third-order valence-electron chi connectivity index (χ3n) is 18.7. The van der Waals surface area contributed by atoms with Gasteiger partial charge in [0.15, 0.2) is 6.10 Å². The number of carbonyl (C=O) groups is 3. The van der Waals surface area contributed by atoms with Gasteiger partial charge in [0, 0.05) is 19.3 Å². The number of aliphatic hydroxyl groups excluding tert-OH is 2. The zero-order valence-corrected chi connectivity index (χ0v) is 71.0. The molecule has 0 aliphatic heterocycles. The quantitative estimate of drug-likeness (QED) is 0.0146. The number of rotatable bonds is 83. The number of phosphoric acid groups is 2. The first kappa shape index (κ1) is 105. The summed E-state index contributed by atoms with van der Waals surface area (Å²) >= 11 is 0. The lowest BCUT2D eigenvalue weighted by Gasteiger charge is -2.21. The van der Waals surface area contributed by atoms with Gasteiger partial charge < -0.3 is 34.2 Å². The number of hydrogen-bond donors (Lipinski definition) is 4. The van der Waals surface area contributed by atoms with Gasteiger partial charge in [-0.25, -0.2) is 9.13 Å². The van der Waals surface area contributed by atoms with Crippen LogP contribution in [-0.2, 0) is 55.8 Å². The second kappa shape index (κ2) is 83.4. The van der Waals surface area contributed by atoms with Gasteiger partial charge >= 0.3 is 33.6 Å². The van der Waals surface area contributed by atoms with Gasteiger partial charge in [-0.2, -0.15) is 0 Å². The summed E-state index contributed by atoms with van der Waals surface area (Å²) in [6.07, 6.45) is 101. The Kier molecular flexibility index (Phi) is 80.3. The van der Waals surface area contributed by atoms with Crippen LogP contribution in [-0.4, -0.2) is 95.9 Å². The molecule has 0 bridgehead atoms. The number of allylic oxidation sites excluding steroid dienone is 20. The fourth-order valence-corrected chi connectivity index (χ4v) is 13.6. The first-order valence-corrected chi connectivity index (χ1v) is 46.8. The van der Waals surface area contributed by atoms with Crippen molar-refractivity contribution in [1.82, 2.24) is 0 Å². The normalized spacial score (nSPS) is 14.4. The summed E-state index contributed by atoms with van der Waals surface area (Å²) in [6.45, 7) is 2.59. The average molecular weight is 1570 g/mol. The minimum Gasteiger partial charge on any atom is -0.463 e. The van der Waals surface area contributed by atoms with Crippen molar-refractivity contribution in [1.29, 1.82) is 0 Å². The molecule has 0 saturated heterocycles. The molecule has 0 aliphatic rings. The summed E-state index contributed by atoms with van der Waals surface area (Å²) in [5.74, 6) is -1.56. The zero-order valence-electron chi connectivity index (χ0n) is 69.2. The van der Waals surface area contributed by atoms with Crippen molar-refractivity contribution in [2.75, 3.05) is 39.6 Å². The number of unbranched alkanes of at least 4 members (excludes halogenated alkanes) is 40. The number of aliphatic hydroxyl groups is 2. The van der Waals surface area contributed by atoms with Crippen LogP contribution in [0.3, 0.4) is 0 Å². The molecule has 0 radical (unpaired) electrons. The molecule has 18 heteroatoms. The first-order chi connectivity index (χ1) is 53.2. The molecule has 0 aromatic rings. The van der Waals surface area contributed by atoms with Gasteiger partial charge in [-0.15, -0.1) is 0 Å². The molecule has 0 saturated carbocycles. The fraction of sp³-hybridized carbons (Fsp3) is 0.747. The van der Waals surface area contributed by atoms with Crippen molar-refractivity contribution < 1.29 is 75.8 Å². The Labute approximate surface area is 665 Å². The molecule has 109 heavy (non-hydrogen) atoms.